The first-order valence-electron chi connectivity index (χ1n) is 9.98. The first-order chi connectivity index (χ1) is 15.5. The van der Waals surface area contributed by atoms with Gasteiger partial charge in [-0.1, -0.05) is 6.07 Å². The number of carbonyl (C=O) groups is 2. The fraction of sp³-hybridized carbons (Fsp3) is 0.125. The first-order valence-corrected chi connectivity index (χ1v) is 10.4. The average molecular weight is 448 g/mol. The maximum Gasteiger partial charge on any atom is 0.270 e. The van der Waals surface area contributed by atoms with E-state index in [2.05, 4.69) is 5.32 Å². The summed E-state index contributed by atoms with van der Waals surface area (Å²) < 4.78 is 12.6. The Labute approximate surface area is 190 Å². The largest absolute Gasteiger partial charge is 0.497 e. The molecule has 162 valence electrons. The number of methoxy groups -OCH3 is 1. The van der Waals surface area contributed by atoms with Crippen LogP contribution >= 0.6 is 12.2 Å². The molecule has 0 spiro atoms. The summed E-state index contributed by atoms with van der Waals surface area (Å²) in [5, 5.41) is 2.63. The lowest BCUT2D eigenvalue weighted by Crippen LogP contribution is -2.54. The van der Waals surface area contributed by atoms with E-state index >= 15 is 0 Å². The minimum atomic E-state index is -0.542. The second-order valence-corrected chi connectivity index (χ2v) is 7.28. The van der Waals surface area contributed by atoms with Crippen molar-refractivity contribution in [3.05, 3.63) is 78.1 Å². The highest BCUT2D eigenvalue weighted by atomic mass is 32.1. The lowest BCUT2D eigenvalue weighted by atomic mass is 10.1. The van der Waals surface area contributed by atoms with Crippen LogP contribution in [0.2, 0.25) is 0 Å². The molecule has 1 aromatic heterocycles. The summed E-state index contributed by atoms with van der Waals surface area (Å²) in [7, 11) is 1.61. The van der Waals surface area contributed by atoms with Crippen LogP contribution in [-0.2, 0) is 9.59 Å². The van der Waals surface area contributed by atoms with Crippen LogP contribution in [0.3, 0.4) is 0 Å². The van der Waals surface area contributed by atoms with Crippen molar-refractivity contribution in [2.24, 2.45) is 0 Å². The van der Waals surface area contributed by atoms with Gasteiger partial charge in [0.2, 0.25) is 0 Å². The molecule has 2 aromatic carbocycles. The van der Waals surface area contributed by atoms with Crippen molar-refractivity contribution in [1.29, 1.82) is 0 Å². The molecule has 2 heterocycles. The number of thiocarbonyl (C=S) groups is 1. The third kappa shape index (κ3) is 4.13. The van der Waals surface area contributed by atoms with Gasteiger partial charge in [0.15, 0.2) is 5.11 Å². The molecule has 0 aliphatic carbocycles. The minimum absolute atomic E-state index is 0.0196. The van der Waals surface area contributed by atoms with Crippen LogP contribution in [0, 0.1) is 0 Å². The van der Waals surface area contributed by atoms with Crippen LogP contribution in [0.1, 0.15) is 12.6 Å². The fourth-order valence-corrected chi connectivity index (χ4v) is 3.69. The average Bonchev–Trinajstić information content (AvgIpc) is 3.25. The van der Waals surface area contributed by atoms with Gasteiger partial charge in [0.1, 0.15) is 17.1 Å². The Balaban J connectivity index is 1.70. The third-order valence-corrected chi connectivity index (χ3v) is 5.20. The summed E-state index contributed by atoms with van der Waals surface area (Å²) in [5.41, 5.74) is 2.03. The third-order valence-electron chi connectivity index (χ3n) is 4.91. The lowest BCUT2D eigenvalue weighted by molar-refractivity contribution is -0.122. The molecule has 7 nitrogen and oxygen atoms in total. The van der Waals surface area contributed by atoms with Gasteiger partial charge < -0.3 is 14.0 Å². The summed E-state index contributed by atoms with van der Waals surface area (Å²) >= 11 is 5.29. The van der Waals surface area contributed by atoms with E-state index in [0.717, 1.165) is 11.4 Å². The Morgan fingerprint density at radius 3 is 2.50 bits per heavy atom. The van der Waals surface area contributed by atoms with Crippen molar-refractivity contribution in [2.45, 2.75) is 6.92 Å². The molecule has 1 aliphatic rings. The first kappa shape index (κ1) is 21.3. The zero-order valence-corrected chi connectivity index (χ0v) is 18.4. The summed E-state index contributed by atoms with van der Waals surface area (Å²) in [5.74, 6) is 0.298. The van der Waals surface area contributed by atoms with E-state index in [9.17, 15) is 9.59 Å². The van der Waals surface area contributed by atoms with Crippen LogP contribution in [0.5, 0.6) is 11.5 Å². The molecule has 1 fully saturated rings. The van der Waals surface area contributed by atoms with E-state index in [1.54, 1.807) is 37.5 Å². The van der Waals surface area contributed by atoms with Crippen molar-refractivity contribution in [2.75, 3.05) is 18.6 Å². The number of hydrogen-bond donors (Lipinski definition) is 1. The predicted octanol–water partition coefficient (Wildman–Crippen LogP) is 3.72. The molecule has 1 N–H and O–H groups in total. The summed E-state index contributed by atoms with van der Waals surface area (Å²) in [6, 6.07) is 18.2. The highest BCUT2D eigenvalue weighted by Gasteiger charge is 2.34. The van der Waals surface area contributed by atoms with Gasteiger partial charge in [-0.25, -0.2) is 0 Å². The standard InChI is InChI=1S/C24H21N3O4S/c1-3-31-20-8-4-6-18(14-20)27-23(29)21(22(28)25-24(27)32)15-17-7-5-13-26(17)16-9-11-19(30-2)12-10-16/h4-15H,3H2,1-2H3,(H,25,28,32)/b21-15+. The van der Waals surface area contributed by atoms with Crippen LogP contribution in [0.25, 0.3) is 11.8 Å². The highest BCUT2D eigenvalue weighted by Crippen LogP contribution is 2.26. The monoisotopic (exact) mass is 447 g/mol. The highest BCUT2D eigenvalue weighted by molar-refractivity contribution is 7.80. The van der Waals surface area contributed by atoms with Crippen LogP contribution in [-0.4, -0.2) is 35.2 Å². The van der Waals surface area contributed by atoms with E-state index in [1.165, 1.54) is 4.90 Å². The number of nitrogens with zero attached hydrogens (tertiary/aromatic N) is 2. The van der Waals surface area contributed by atoms with Gasteiger partial charge in [-0.05, 0) is 73.7 Å². The Kier molecular flexibility index (Phi) is 6.04. The number of rotatable bonds is 6. The normalized spacial score (nSPS) is 15.1. The molecular formula is C24H21N3O4S. The summed E-state index contributed by atoms with van der Waals surface area (Å²) in [4.78, 5) is 27.3. The van der Waals surface area contributed by atoms with Gasteiger partial charge in [0, 0.05) is 23.6 Å². The quantitative estimate of drug-likeness (QED) is 0.354. The van der Waals surface area contributed by atoms with Crippen LogP contribution in [0.4, 0.5) is 5.69 Å². The second kappa shape index (κ2) is 9.07. The van der Waals surface area contributed by atoms with Gasteiger partial charge in [-0.15, -0.1) is 0 Å². The zero-order chi connectivity index (χ0) is 22.7. The summed E-state index contributed by atoms with van der Waals surface area (Å²) in [6.45, 7) is 2.37. The molecule has 4 rings (SSSR count). The second-order valence-electron chi connectivity index (χ2n) is 6.89. The maximum atomic E-state index is 13.3. The van der Waals surface area contributed by atoms with Crippen LogP contribution < -0.4 is 19.7 Å². The van der Waals surface area contributed by atoms with E-state index in [4.69, 9.17) is 21.7 Å². The topological polar surface area (TPSA) is 72.8 Å². The number of anilines is 1. The molecule has 32 heavy (non-hydrogen) atoms. The van der Waals surface area contributed by atoms with Gasteiger partial charge in [0.05, 0.1) is 19.4 Å². The molecule has 3 aromatic rings. The number of nitrogens with one attached hydrogen (secondary N) is 1. The molecule has 1 saturated heterocycles. The fourth-order valence-electron chi connectivity index (χ4n) is 3.41. The lowest BCUT2D eigenvalue weighted by Gasteiger charge is -2.29. The molecular weight excluding hydrogens is 426 g/mol. The number of benzene rings is 2. The Hall–Kier alpha value is -3.91. The smallest absolute Gasteiger partial charge is 0.270 e. The Morgan fingerprint density at radius 1 is 1.00 bits per heavy atom. The van der Waals surface area contributed by atoms with Gasteiger partial charge in [0.25, 0.3) is 11.8 Å². The van der Waals surface area contributed by atoms with E-state index in [-0.39, 0.29) is 10.7 Å². The zero-order valence-electron chi connectivity index (χ0n) is 17.6. The molecule has 0 atom stereocenters. The maximum absolute atomic E-state index is 13.3. The van der Waals surface area contributed by atoms with Gasteiger partial charge >= 0.3 is 0 Å². The number of aromatic nitrogens is 1. The van der Waals surface area contributed by atoms with E-state index in [0.29, 0.717) is 23.7 Å². The summed E-state index contributed by atoms with van der Waals surface area (Å²) in [6.07, 6.45) is 3.41. The Morgan fingerprint density at radius 2 is 1.78 bits per heavy atom. The minimum Gasteiger partial charge on any atom is -0.497 e. The molecule has 2 amide bonds. The van der Waals surface area contributed by atoms with E-state index < -0.39 is 11.8 Å². The van der Waals surface area contributed by atoms with Crippen molar-refractivity contribution < 1.29 is 19.1 Å². The number of carbonyl (C=O) groups excluding carboxylic acids is 2. The molecule has 0 unspecified atom stereocenters. The number of hydrogen-bond acceptors (Lipinski definition) is 5. The molecule has 0 saturated carbocycles. The number of amides is 2. The predicted molar refractivity (Wildman–Crippen MR) is 126 cm³/mol. The van der Waals surface area contributed by atoms with Gasteiger partial charge in [-0.3, -0.25) is 19.8 Å². The van der Waals surface area contributed by atoms with Crippen molar-refractivity contribution in [3.8, 4) is 17.2 Å². The molecule has 0 radical (unpaired) electrons. The molecule has 1 aliphatic heterocycles. The number of ether oxygens (including phenoxy) is 2. The Bertz CT molecular complexity index is 1210. The van der Waals surface area contributed by atoms with Crippen molar-refractivity contribution in [3.63, 3.8) is 0 Å². The van der Waals surface area contributed by atoms with E-state index in [1.807, 2.05) is 54.1 Å². The van der Waals surface area contributed by atoms with Crippen molar-refractivity contribution in [1.82, 2.24) is 9.88 Å². The molecule has 8 heteroatoms. The molecule has 0 bridgehead atoms. The van der Waals surface area contributed by atoms with Crippen molar-refractivity contribution >= 4 is 40.9 Å². The SMILES string of the molecule is CCOc1cccc(N2C(=O)/C(=C/c3cccn3-c3ccc(OC)cc3)C(=O)NC2=S)c1. The van der Waals surface area contributed by atoms with Crippen LogP contribution in [0.15, 0.2) is 72.4 Å². The van der Waals surface area contributed by atoms with Gasteiger partial charge in [-0.2, -0.15) is 0 Å².